The summed E-state index contributed by atoms with van der Waals surface area (Å²) < 4.78 is 24.9. The Hall–Kier alpha value is -1.51. The third-order valence-corrected chi connectivity index (χ3v) is 2.60. The van der Waals surface area contributed by atoms with Crippen molar-refractivity contribution in [2.24, 2.45) is 0 Å². The third-order valence-electron chi connectivity index (χ3n) is 2.60. The molecule has 1 unspecified atom stereocenters. The zero-order valence-electron chi connectivity index (χ0n) is 10.7. The number of aliphatic hydroxyl groups is 2. The van der Waals surface area contributed by atoms with Gasteiger partial charge in [-0.3, -0.25) is 9.36 Å². The molecule has 1 rings (SSSR count). The smallest absolute Gasteiger partial charge is 0.301 e. The summed E-state index contributed by atoms with van der Waals surface area (Å²) in [6, 6.07) is 1.16. The number of aliphatic hydroxyl groups excluding tert-OH is 2. The fraction of sp³-hybridized carbons (Fsp3) is 0.636. The summed E-state index contributed by atoms with van der Waals surface area (Å²) in [7, 11) is 2.67. The topological polar surface area (TPSA) is 93.8 Å². The molecule has 1 aromatic rings. The van der Waals surface area contributed by atoms with Crippen molar-refractivity contribution in [3.05, 3.63) is 22.6 Å². The van der Waals surface area contributed by atoms with Gasteiger partial charge in [-0.2, -0.15) is 4.98 Å². The minimum absolute atomic E-state index is 0.0231. The second kappa shape index (κ2) is 7.17. The summed E-state index contributed by atoms with van der Waals surface area (Å²) in [4.78, 5) is 14.7. The predicted molar refractivity (Wildman–Crippen MR) is 63.7 cm³/mol. The molecule has 0 saturated heterocycles. The van der Waals surface area contributed by atoms with E-state index in [1.54, 1.807) is 0 Å². The SMILES string of the molecule is COc1nc(=O)ccn1C(C[C@H](F)[C@H](O)CO)OC. The van der Waals surface area contributed by atoms with Gasteiger partial charge in [0, 0.05) is 25.8 Å². The first-order chi connectivity index (χ1) is 9.03. The summed E-state index contributed by atoms with van der Waals surface area (Å²) in [6.45, 7) is -0.683. The molecule has 0 amide bonds. The van der Waals surface area contributed by atoms with Crippen molar-refractivity contribution in [3.63, 3.8) is 0 Å². The Balaban J connectivity index is 2.94. The zero-order chi connectivity index (χ0) is 14.4. The van der Waals surface area contributed by atoms with Gasteiger partial charge < -0.3 is 19.7 Å². The third kappa shape index (κ3) is 3.98. The molecule has 1 heterocycles. The van der Waals surface area contributed by atoms with E-state index in [1.165, 1.54) is 31.0 Å². The zero-order valence-corrected chi connectivity index (χ0v) is 10.7. The number of aromatic nitrogens is 2. The molecule has 8 heteroatoms. The lowest BCUT2D eigenvalue weighted by molar-refractivity contribution is -0.0321. The van der Waals surface area contributed by atoms with Gasteiger partial charge in [-0.1, -0.05) is 0 Å². The maximum atomic E-state index is 13.6. The summed E-state index contributed by atoms with van der Waals surface area (Å²) in [6.07, 6.45) is -2.85. The first-order valence-corrected chi connectivity index (χ1v) is 5.62. The Labute approximate surface area is 109 Å². The summed E-state index contributed by atoms with van der Waals surface area (Å²) in [5.74, 6) is 0. The number of rotatable bonds is 7. The lowest BCUT2D eigenvalue weighted by Gasteiger charge is -2.23. The summed E-state index contributed by atoms with van der Waals surface area (Å²) in [5, 5.41) is 17.9. The first kappa shape index (κ1) is 15.5. The van der Waals surface area contributed by atoms with Gasteiger partial charge in [-0.05, 0) is 0 Å². The van der Waals surface area contributed by atoms with Crippen LogP contribution in [0.4, 0.5) is 4.39 Å². The molecule has 0 aliphatic carbocycles. The quantitative estimate of drug-likeness (QED) is 0.696. The van der Waals surface area contributed by atoms with Gasteiger partial charge in [0.05, 0.1) is 13.7 Å². The maximum absolute atomic E-state index is 13.6. The van der Waals surface area contributed by atoms with Crippen LogP contribution in [0.15, 0.2) is 17.1 Å². The van der Waals surface area contributed by atoms with Gasteiger partial charge in [0.2, 0.25) is 0 Å². The Bertz CT molecular complexity index is 453. The van der Waals surface area contributed by atoms with Crippen LogP contribution in [0.25, 0.3) is 0 Å². The van der Waals surface area contributed by atoms with Crippen LogP contribution in [0, 0.1) is 0 Å². The molecular formula is C11H17FN2O5. The van der Waals surface area contributed by atoms with E-state index in [0.717, 1.165) is 0 Å². The van der Waals surface area contributed by atoms with E-state index in [0.29, 0.717) is 0 Å². The van der Waals surface area contributed by atoms with Gasteiger partial charge in [0.15, 0.2) is 0 Å². The molecule has 19 heavy (non-hydrogen) atoms. The summed E-state index contributed by atoms with van der Waals surface area (Å²) >= 11 is 0. The van der Waals surface area contributed by atoms with Crippen LogP contribution in [0.2, 0.25) is 0 Å². The number of ether oxygens (including phenoxy) is 2. The lowest BCUT2D eigenvalue weighted by Crippen LogP contribution is -2.30. The number of hydrogen-bond acceptors (Lipinski definition) is 6. The van der Waals surface area contributed by atoms with Crippen LogP contribution in [0.3, 0.4) is 0 Å². The number of alkyl halides is 1. The maximum Gasteiger partial charge on any atom is 0.301 e. The molecule has 0 aromatic carbocycles. The fourth-order valence-electron chi connectivity index (χ4n) is 1.55. The molecule has 0 radical (unpaired) electrons. The standard InChI is InChI=1S/C11H17FN2O5/c1-18-10(5-7(12)8(16)6-15)14-4-3-9(17)13-11(14)19-2/h3-4,7-8,10,15-16H,5-6H2,1-2H3/t7-,8+,10?/m0/s1. The van der Waals surface area contributed by atoms with Crippen molar-refractivity contribution in [2.45, 2.75) is 24.9 Å². The van der Waals surface area contributed by atoms with Crippen LogP contribution in [-0.2, 0) is 4.74 Å². The van der Waals surface area contributed by atoms with E-state index in [4.69, 9.17) is 14.6 Å². The molecule has 0 aliphatic heterocycles. The van der Waals surface area contributed by atoms with E-state index in [2.05, 4.69) is 4.98 Å². The molecule has 0 bridgehead atoms. The van der Waals surface area contributed by atoms with Crippen molar-refractivity contribution in [1.82, 2.24) is 9.55 Å². The van der Waals surface area contributed by atoms with Crippen LogP contribution in [0.5, 0.6) is 6.01 Å². The highest BCUT2D eigenvalue weighted by Gasteiger charge is 2.24. The van der Waals surface area contributed by atoms with Crippen LogP contribution in [-0.4, -0.2) is 52.9 Å². The van der Waals surface area contributed by atoms with Gasteiger partial charge >= 0.3 is 6.01 Å². The monoisotopic (exact) mass is 276 g/mol. The van der Waals surface area contributed by atoms with Crippen molar-refractivity contribution < 1.29 is 24.1 Å². The predicted octanol–water partition coefficient (Wildman–Crippen LogP) is -0.522. The van der Waals surface area contributed by atoms with E-state index in [-0.39, 0.29) is 12.4 Å². The van der Waals surface area contributed by atoms with Crippen molar-refractivity contribution >= 4 is 0 Å². The highest BCUT2D eigenvalue weighted by molar-refractivity contribution is 5.00. The van der Waals surface area contributed by atoms with E-state index in [9.17, 15) is 14.3 Å². The van der Waals surface area contributed by atoms with Crippen molar-refractivity contribution in [1.29, 1.82) is 0 Å². The molecule has 0 aliphatic rings. The van der Waals surface area contributed by atoms with Crippen LogP contribution >= 0.6 is 0 Å². The highest BCUT2D eigenvalue weighted by Crippen LogP contribution is 2.22. The molecular weight excluding hydrogens is 259 g/mol. The largest absolute Gasteiger partial charge is 0.468 e. The normalized spacial score (nSPS) is 15.8. The number of nitrogens with zero attached hydrogens (tertiary/aromatic N) is 2. The minimum Gasteiger partial charge on any atom is -0.468 e. The molecule has 0 fully saturated rings. The molecule has 0 saturated carbocycles. The van der Waals surface area contributed by atoms with Crippen molar-refractivity contribution in [3.8, 4) is 6.01 Å². The Morgan fingerprint density at radius 2 is 2.21 bits per heavy atom. The Morgan fingerprint density at radius 1 is 1.53 bits per heavy atom. The number of halogens is 1. The molecule has 7 nitrogen and oxygen atoms in total. The Kier molecular flexibility index (Phi) is 5.87. The number of hydrogen-bond donors (Lipinski definition) is 2. The van der Waals surface area contributed by atoms with Gasteiger partial charge in [-0.25, -0.2) is 4.39 Å². The molecule has 3 atom stereocenters. The van der Waals surface area contributed by atoms with Crippen LogP contribution < -0.4 is 10.3 Å². The second-order valence-electron chi connectivity index (χ2n) is 3.85. The van der Waals surface area contributed by atoms with E-state index < -0.39 is 30.7 Å². The van der Waals surface area contributed by atoms with Gasteiger partial charge in [0.25, 0.3) is 5.56 Å². The molecule has 1 aromatic heterocycles. The molecule has 2 N–H and O–H groups in total. The minimum atomic E-state index is -1.68. The van der Waals surface area contributed by atoms with Gasteiger partial charge in [0.1, 0.15) is 18.5 Å². The summed E-state index contributed by atoms with van der Waals surface area (Å²) in [5.41, 5.74) is -0.491. The fourth-order valence-corrected chi connectivity index (χ4v) is 1.55. The Morgan fingerprint density at radius 3 is 2.74 bits per heavy atom. The average Bonchev–Trinajstić information content (AvgIpc) is 2.43. The second-order valence-corrected chi connectivity index (χ2v) is 3.85. The van der Waals surface area contributed by atoms with Crippen LogP contribution in [0.1, 0.15) is 12.6 Å². The first-order valence-electron chi connectivity index (χ1n) is 5.62. The average molecular weight is 276 g/mol. The van der Waals surface area contributed by atoms with E-state index >= 15 is 0 Å². The van der Waals surface area contributed by atoms with E-state index in [1.807, 2.05) is 0 Å². The molecule has 0 spiro atoms. The van der Waals surface area contributed by atoms with Gasteiger partial charge in [-0.15, -0.1) is 0 Å². The highest BCUT2D eigenvalue weighted by atomic mass is 19.1. The van der Waals surface area contributed by atoms with Crippen molar-refractivity contribution in [2.75, 3.05) is 20.8 Å². The lowest BCUT2D eigenvalue weighted by atomic mass is 10.1. The molecule has 108 valence electrons. The number of methoxy groups -OCH3 is 2.